The van der Waals surface area contributed by atoms with Gasteiger partial charge in [0.2, 0.25) is 0 Å². The van der Waals surface area contributed by atoms with E-state index < -0.39 is 12.0 Å². The Kier molecular flexibility index (Phi) is 6.23. The summed E-state index contributed by atoms with van der Waals surface area (Å²) in [6, 6.07) is 25.0. The Morgan fingerprint density at radius 1 is 0.963 bits per heavy atom. The number of benzene rings is 3. The van der Waals surface area contributed by atoms with Gasteiger partial charge >= 0.3 is 5.97 Å². The van der Waals surface area contributed by atoms with Crippen molar-refractivity contribution >= 4 is 5.97 Å². The average Bonchev–Trinajstić information content (AvgIpc) is 2.72. The van der Waals surface area contributed by atoms with Crippen molar-refractivity contribution in [1.29, 1.82) is 0 Å². The largest absolute Gasteiger partial charge is 0.496 e. The normalized spacial score (nSPS) is 11.7. The van der Waals surface area contributed by atoms with Crippen LogP contribution in [0.5, 0.6) is 5.75 Å². The van der Waals surface area contributed by atoms with Gasteiger partial charge in [0.15, 0.2) is 0 Å². The van der Waals surface area contributed by atoms with Crippen LogP contribution in [-0.2, 0) is 17.8 Å². The summed E-state index contributed by atoms with van der Waals surface area (Å²) in [5.41, 5.74) is 4.10. The highest BCUT2D eigenvalue weighted by Gasteiger charge is 2.18. The molecule has 0 saturated carbocycles. The van der Waals surface area contributed by atoms with Gasteiger partial charge < -0.3 is 9.84 Å². The van der Waals surface area contributed by atoms with Gasteiger partial charge in [-0.2, -0.15) is 0 Å². The number of ether oxygens (including phenoxy) is 1. The molecule has 0 aliphatic heterocycles. The maximum absolute atomic E-state index is 11.6. The lowest BCUT2D eigenvalue weighted by Crippen LogP contribution is -2.38. The molecule has 0 heterocycles. The van der Waals surface area contributed by atoms with Crippen LogP contribution in [0.25, 0.3) is 11.1 Å². The van der Waals surface area contributed by atoms with E-state index >= 15 is 0 Å². The van der Waals surface area contributed by atoms with Gasteiger partial charge in [0.1, 0.15) is 11.8 Å². The van der Waals surface area contributed by atoms with E-state index in [9.17, 15) is 9.90 Å². The van der Waals surface area contributed by atoms with E-state index in [1.165, 1.54) is 0 Å². The maximum Gasteiger partial charge on any atom is 0.321 e. The van der Waals surface area contributed by atoms with Crippen molar-refractivity contribution in [3.63, 3.8) is 0 Å². The molecule has 0 unspecified atom stereocenters. The van der Waals surface area contributed by atoms with E-state index in [-0.39, 0.29) is 0 Å². The molecule has 0 aliphatic rings. The van der Waals surface area contributed by atoms with Gasteiger partial charge in [0.05, 0.1) is 7.11 Å². The van der Waals surface area contributed by atoms with Crippen LogP contribution in [0.15, 0.2) is 78.9 Å². The molecule has 0 aromatic heterocycles. The Hall–Kier alpha value is -3.11. The number of nitrogens with one attached hydrogen (secondary N) is 1. The van der Waals surface area contributed by atoms with Crippen molar-refractivity contribution < 1.29 is 14.6 Å². The van der Waals surface area contributed by atoms with Gasteiger partial charge in [0.25, 0.3) is 0 Å². The minimum Gasteiger partial charge on any atom is -0.496 e. The fourth-order valence-corrected chi connectivity index (χ4v) is 3.03. The average molecular weight is 361 g/mol. The molecule has 138 valence electrons. The quantitative estimate of drug-likeness (QED) is 0.633. The first-order valence-corrected chi connectivity index (χ1v) is 8.90. The van der Waals surface area contributed by atoms with Crippen molar-refractivity contribution in [3.05, 3.63) is 90.0 Å². The highest BCUT2D eigenvalue weighted by molar-refractivity contribution is 5.74. The summed E-state index contributed by atoms with van der Waals surface area (Å²) in [5.74, 6) is -0.119. The maximum atomic E-state index is 11.6. The van der Waals surface area contributed by atoms with Crippen LogP contribution in [0.2, 0.25) is 0 Å². The second-order valence-corrected chi connectivity index (χ2v) is 6.35. The number of carboxylic acids is 1. The van der Waals surface area contributed by atoms with Crippen molar-refractivity contribution in [1.82, 2.24) is 5.32 Å². The lowest BCUT2D eigenvalue weighted by molar-refractivity contribution is -0.139. The van der Waals surface area contributed by atoms with Crippen LogP contribution in [-0.4, -0.2) is 24.2 Å². The van der Waals surface area contributed by atoms with Crippen LogP contribution < -0.4 is 10.1 Å². The van der Waals surface area contributed by atoms with Crippen molar-refractivity contribution in [2.45, 2.75) is 19.0 Å². The number of rotatable bonds is 8. The zero-order valence-electron chi connectivity index (χ0n) is 15.3. The SMILES string of the molecule is COc1cc(-c2ccccc2)ccc1CN[C@@H](Cc1ccccc1)C(=O)O. The van der Waals surface area contributed by atoms with Crippen LogP contribution in [0.1, 0.15) is 11.1 Å². The highest BCUT2D eigenvalue weighted by Crippen LogP contribution is 2.27. The molecule has 3 aromatic rings. The third kappa shape index (κ3) is 4.96. The first-order valence-electron chi connectivity index (χ1n) is 8.90. The first kappa shape index (κ1) is 18.7. The Balaban J connectivity index is 1.73. The monoisotopic (exact) mass is 361 g/mol. The minimum atomic E-state index is -0.862. The Bertz CT molecular complexity index is 879. The first-order chi connectivity index (χ1) is 13.2. The van der Waals surface area contributed by atoms with E-state index in [2.05, 4.69) is 5.32 Å². The van der Waals surface area contributed by atoms with Gasteiger partial charge in [-0.25, -0.2) is 0 Å². The number of carbonyl (C=O) groups is 1. The lowest BCUT2D eigenvalue weighted by Gasteiger charge is -2.17. The topological polar surface area (TPSA) is 58.6 Å². The standard InChI is InChI=1S/C23H23NO3/c1-27-22-15-19(18-10-6-3-7-11-18)12-13-20(22)16-24-21(23(25)26)14-17-8-4-2-5-9-17/h2-13,15,21,24H,14,16H2,1H3,(H,25,26)/t21-/m0/s1. The number of aliphatic carboxylic acids is 1. The molecule has 3 aromatic carbocycles. The number of methoxy groups -OCH3 is 1. The van der Waals surface area contributed by atoms with Gasteiger partial charge in [-0.05, 0) is 29.2 Å². The molecule has 0 aliphatic carbocycles. The highest BCUT2D eigenvalue weighted by atomic mass is 16.5. The summed E-state index contributed by atoms with van der Waals surface area (Å²) in [7, 11) is 1.63. The molecule has 0 saturated heterocycles. The molecule has 4 nitrogen and oxygen atoms in total. The molecule has 4 heteroatoms. The van der Waals surface area contributed by atoms with E-state index in [0.717, 1.165) is 28.0 Å². The molecule has 3 rings (SSSR count). The summed E-state index contributed by atoms with van der Waals surface area (Å²) < 4.78 is 5.53. The molecule has 0 spiro atoms. The predicted molar refractivity (Wildman–Crippen MR) is 107 cm³/mol. The van der Waals surface area contributed by atoms with Gasteiger partial charge in [-0.3, -0.25) is 10.1 Å². The third-order valence-corrected chi connectivity index (χ3v) is 4.51. The fraction of sp³-hybridized carbons (Fsp3) is 0.174. The van der Waals surface area contributed by atoms with E-state index in [4.69, 9.17) is 4.74 Å². The molecular weight excluding hydrogens is 338 g/mol. The Morgan fingerprint density at radius 3 is 2.26 bits per heavy atom. The second kappa shape index (κ2) is 9.01. The molecule has 1 atom stereocenters. The molecule has 0 amide bonds. The van der Waals surface area contributed by atoms with Crippen molar-refractivity contribution in [2.24, 2.45) is 0 Å². The molecule has 2 N–H and O–H groups in total. The zero-order chi connectivity index (χ0) is 19.1. The number of hydrogen-bond donors (Lipinski definition) is 2. The van der Waals surface area contributed by atoms with Crippen molar-refractivity contribution in [3.8, 4) is 16.9 Å². The van der Waals surface area contributed by atoms with Gasteiger partial charge in [-0.15, -0.1) is 0 Å². The molecule has 0 fully saturated rings. The molecule has 0 bridgehead atoms. The van der Waals surface area contributed by atoms with E-state index in [0.29, 0.717) is 13.0 Å². The third-order valence-electron chi connectivity index (χ3n) is 4.51. The number of hydrogen-bond acceptors (Lipinski definition) is 3. The second-order valence-electron chi connectivity index (χ2n) is 6.35. The Labute approximate surface area is 159 Å². The fourth-order valence-electron chi connectivity index (χ4n) is 3.03. The van der Waals surface area contributed by atoms with Crippen LogP contribution in [0.3, 0.4) is 0 Å². The zero-order valence-corrected chi connectivity index (χ0v) is 15.3. The molecule has 27 heavy (non-hydrogen) atoms. The predicted octanol–water partition coefficient (Wildman–Crippen LogP) is 4.15. The summed E-state index contributed by atoms with van der Waals surface area (Å²) in [6.45, 7) is 0.419. The van der Waals surface area contributed by atoms with E-state index in [1.807, 2.05) is 78.9 Å². The smallest absolute Gasteiger partial charge is 0.321 e. The summed E-state index contributed by atoms with van der Waals surface area (Å²) >= 11 is 0. The number of carboxylic acid groups (broad SMARTS) is 1. The van der Waals surface area contributed by atoms with Crippen LogP contribution >= 0.6 is 0 Å². The van der Waals surface area contributed by atoms with Gasteiger partial charge in [-0.1, -0.05) is 72.8 Å². The summed E-state index contributed by atoms with van der Waals surface area (Å²) in [6.07, 6.45) is 0.431. The molecule has 0 radical (unpaired) electrons. The van der Waals surface area contributed by atoms with E-state index in [1.54, 1.807) is 7.11 Å². The minimum absolute atomic E-state index is 0.419. The van der Waals surface area contributed by atoms with Crippen LogP contribution in [0, 0.1) is 0 Å². The van der Waals surface area contributed by atoms with Crippen LogP contribution in [0.4, 0.5) is 0 Å². The van der Waals surface area contributed by atoms with Gasteiger partial charge in [0, 0.05) is 12.1 Å². The van der Waals surface area contributed by atoms with Crippen molar-refractivity contribution in [2.75, 3.05) is 7.11 Å². The summed E-state index contributed by atoms with van der Waals surface area (Å²) in [5, 5.41) is 12.7. The summed E-state index contributed by atoms with van der Waals surface area (Å²) in [4.78, 5) is 11.6. The lowest BCUT2D eigenvalue weighted by atomic mass is 10.0. The Morgan fingerprint density at radius 2 is 1.63 bits per heavy atom. The molecular formula is C23H23NO3.